The molecule has 1 fully saturated rings. The lowest BCUT2D eigenvalue weighted by atomic mass is 9.85. The topological polar surface area (TPSA) is 84.3 Å². The number of nitrogens with zero attached hydrogens (tertiary/aromatic N) is 1. The lowest BCUT2D eigenvalue weighted by Crippen LogP contribution is -2.37. The van der Waals surface area contributed by atoms with Gasteiger partial charge in [0.1, 0.15) is 11.7 Å². The molecule has 2 unspecified atom stereocenters. The number of hydrogen-bond donors (Lipinski definition) is 2. The highest BCUT2D eigenvalue weighted by molar-refractivity contribution is 7.54. The minimum Gasteiger partial charge on any atom is -0.388 e. The second-order valence-corrected chi connectivity index (χ2v) is 7.95. The molecule has 0 saturated carbocycles. The first-order valence-corrected chi connectivity index (χ1v) is 9.77. The van der Waals surface area contributed by atoms with Crippen molar-refractivity contribution in [1.29, 1.82) is 0 Å². The molecule has 0 spiro atoms. The number of halogens is 6. The van der Waals surface area contributed by atoms with Crippen LogP contribution in [0, 0.1) is 24.1 Å². The summed E-state index contributed by atoms with van der Waals surface area (Å²) in [5.74, 6) is 0.912. The molecular formula is C14H17BCl5FN2O4. The largest absolute Gasteiger partial charge is 0.450 e. The maximum atomic E-state index is 13.3. The van der Waals surface area contributed by atoms with Crippen LogP contribution in [0.25, 0.3) is 0 Å². The zero-order valence-corrected chi connectivity index (χ0v) is 18.0. The Bertz CT molecular complexity index is 753. The SMILES string of the molecule is C#C[C@]1(CC)O[C@@H](n2cc(F)c(=O)[nH]c2=O)C(O)C1C.ClB(Cl)Cl.ClCCl. The van der Waals surface area contributed by atoms with Gasteiger partial charge in [-0.3, -0.25) is 14.3 Å². The second kappa shape index (κ2) is 12.2. The predicted molar refractivity (Wildman–Crippen MR) is 108 cm³/mol. The fraction of sp³-hybridized carbons (Fsp3) is 0.571. The summed E-state index contributed by atoms with van der Waals surface area (Å²) in [5.41, 5.74) is -3.02. The number of aliphatic hydroxyl groups is 1. The van der Waals surface area contributed by atoms with E-state index in [9.17, 15) is 19.1 Å². The molecule has 1 aromatic heterocycles. The van der Waals surface area contributed by atoms with Gasteiger partial charge in [0.05, 0.1) is 11.5 Å². The third-order valence-electron chi connectivity index (χ3n) is 3.84. The van der Waals surface area contributed by atoms with Gasteiger partial charge in [-0.15, -0.1) is 29.6 Å². The van der Waals surface area contributed by atoms with Gasteiger partial charge in [0, 0.05) is 5.92 Å². The molecule has 2 N–H and O–H groups in total. The van der Waals surface area contributed by atoms with Crippen molar-refractivity contribution in [1.82, 2.24) is 9.55 Å². The Hall–Kier alpha value is -0.395. The molecule has 1 aliphatic rings. The van der Waals surface area contributed by atoms with E-state index < -0.39 is 45.9 Å². The number of rotatable bonds is 2. The number of terminal acetylenes is 1. The van der Waals surface area contributed by atoms with Crippen LogP contribution in [-0.2, 0) is 4.74 Å². The zero-order chi connectivity index (χ0) is 21.4. The molecule has 1 aliphatic heterocycles. The fourth-order valence-corrected chi connectivity index (χ4v) is 2.46. The third-order valence-corrected chi connectivity index (χ3v) is 3.84. The van der Waals surface area contributed by atoms with Crippen molar-refractivity contribution in [2.45, 2.75) is 38.2 Å². The van der Waals surface area contributed by atoms with Gasteiger partial charge in [-0.2, -0.15) is 38.8 Å². The van der Waals surface area contributed by atoms with Crippen LogP contribution >= 0.6 is 57.6 Å². The van der Waals surface area contributed by atoms with E-state index in [1.807, 2.05) is 4.98 Å². The number of alkyl halides is 2. The molecule has 0 aromatic carbocycles. The van der Waals surface area contributed by atoms with Gasteiger partial charge < -0.3 is 9.84 Å². The van der Waals surface area contributed by atoms with Crippen LogP contribution in [0.15, 0.2) is 15.8 Å². The summed E-state index contributed by atoms with van der Waals surface area (Å²) in [4.78, 5) is 23.8. The highest BCUT2D eigenvalue weighted by Crippen LogP contribution is 2.42. The number of ether oxygens (including phenoxy) is 1. The number of aromatic nitrogens is 2. The highest BCUT2D eigenvalue weighted by Gasteiger charge is 2.51. The lowest BCUT2D eigenvalue weighted by Gasteiger charge is -2.25. The minimum absolute atomic E-state index is 0.194. The van der Waals surface area contributed by atoms with Gasteiger partial charge in [0.25, 0.3) is 5.56 Å². The smallest absolute Gasteiger partial charge is 0.388 e. The predicted octanol–water partition coefficient (Wildman–Crippen LogP) is 3.09. The summed E-state index contributed by atoms with van der Waals surface area (Å²) in [7, 11) is 0. The van der Waals surface area contributed by atoms with E-state index in [4.69, 9.17) is 68.7 Å². The van der Waals surface area contributed by atoms with Crippen molar-refractivity contribution >= 4 is 62.5 Å². The highest BCUT2D eigenvalue weighted by atomic mass is 35.6. The first-order valence-electron chi connectivity index (χ1n) is 7.40. The van der Waals surface area contributed by atoms with Crippen LogP contribution < -0.4 is 11.2 Å². The average molecular weight is 484 g/mol. The van der Waals surface area contributed by atoms with E-state index in [2.05, 4.69) is 5.92 Å². The summed E-state index contributed by atoms with van der Waals surface area (Å²) in [6, 6.07) is 0. The van der Waals surface area contributed by atoms with Crippen molar-refractivity contribution in [3.8, 4) is 12.3 Å². The standard InChI is InChI=1S/C13H15FN2O4.CH2Cl2.BCl3/c1-4-13(5-2)7(3)9(17)11(20-13)16-6-8(14)10(18)15-12(16)19;2-1-3;2-1(3)4/h1,6-7,9,11,17H,5H2,2-3H3,(H,15,18,19);1H2;/t7?,9?,11-,13-;;/m1../s1. The number of nitrogens with one attached hydrogen (secondary N) is 1. The molecule has 1 saturated heterocycles. The monoisotopic (exact) mass is 482 g/mol. The van der Waals surface area contributed by atoms with E-state index in [0.29, 0.717) is 12.6 Å². The summed E-state index contributed by atoms with van der Waals surface area (Å²) < 4.78 is 19.7. The van der Waals surface area contributed by atoms with Gasteiger partial charge in [0.15, 0.2) is 6.23 Å². The van der Waals surface area contributed by atoms with Crippen LogP contribution in [0.1, 0.15) is 26.5 Å². The molecule has 0 bridgehead atoms. The number of aliphatic hydroxyl groups excluding tert-OH is 1. The second-order valence-electron chi connectivity index (χ2n) is 5.17. The van der Waals surface area contributed by atoms with Crippen molar-refractivity contribution in [2.75, 3.05) is 5.34 Å². The maximum Gasteiger partial charge on any atom is 0.450 e. The Balaban J connectivity index is 0.000000836. The summed E-state index contributed by atoms with van der Waals surface area (Å²) >= 11 is 23.9. The molecule has 2 heterocycles. The molecule has 4 atom stereocenters. The molecule has 1 aromatic rings. The van der Waals surface area contributed by atoms with Crippen molar-refractivity contribution < 1.29 is 14.2 Å². The molecule has 27 heavy (non-hydrogen) atoms. The van der Waals surface area contributed by atoms with Crippen LogP contribution in [0.5, 0.6) is 0 Å². The van der Waals surface area contributed by atoms with Crippen molar-refractivity contribution in [3.63, 3.8) is 0 Å². The lowest BCUT2D eigenvalue weighted by molar-refractivity contribution is -0.0682. The Morgan fingerprint density at radius 3 is 2.30 bits per heavy atom. The molecule has 152 valence electrons. The number of H-pyrrole nitrogens is 1. The van der Waals surface area contributed by atoms with Gasteiger partial charge in [-0.05, 0) is 6.42 Å². The van der Waals surface area contributed by atoms with Crippen molar-refractivity contribution in [3.05, 3.63) is 32.9 Å². The van der Waals surface area contributed by atoms with Crippen molar-refractivity contribution in [2.24, 2.45) is 5.92 Å². The number of hydrogen-bond acceptors (Lipinski definition) is 4. The summed E-state index contributed by atoms with van der Waals surface area (Å²) in [6.07, 6.45) is 4.37. The van der Waals surface area contributed by atoms with E-state index in [1.165, 1.54) is 0 Å². The Kier molecular flexibility index (Phi) is 12.0. The van der Waals surface area contributed by atoms with Crippen LogP contribution in [0.4, 0.5) is 4.39 Å². The molecule has 0 amide bonds. The molecular weight excluding hydrogens is 467 g/mol. The normalized spacial score (nSPS) is 26.1. The first-order chi connectivity index (χ1) is 12.5. The molecule has 0 radical (unpaired) electrons. The quantitative estimate of drug-likeness (QED) is 0.384. The molecule has 6 nitrogen and oxygen atoms in total. The first kappa shape index (κ1) is 26.6. The molecule has 13 heteroatoms. The summed E-state index contributed by atoms with van der Waals surface area (Å²) in [6.45, 7) is 3.49. The zero-order valence-electron chi connectivity index (χ0n) is 14.3. The number of aromatic amines is 1. The van der Waals surface area contributed by atoms with Gasteiger partial charge in [-0.25, -0.2) is 4.79 Å². The molecule has 0 aliphatic carbocycles. The fourth-order valence-electron chi connectivity index (χ4n) is 2.46. The average Bonchev–Trinajstić information content (AvgIpc) is 2.84. The Morgan fingerprint density at radius 2 is 1.93 bits per heavy atom. The third kappa shape index (κ3) is 7.17. The van der Waals surface area contributed by atoms with Crippen LogP contribution in [-0.4, -0.2) is 36.7 Å². The van der Waals surface area contributed by atoms with Gasteiger partial charge >= 0.3 is 10.6 Å². The van der Waals surface area contributed by atoms with E-state index >= 15 is 0 Å². The van der Waals surface area contributed by atoms with Gasteiger partial charge in [0.2, 0.25) is 5.82 Å². The minimum atomic E-state index is -1.14. The maximum absolute atomic E-state index is 13.3. The van der Waals surface area contributed by atoms with E-state index in [-0.39, 0.29) is 5.34 Å². The van der Waals surface area contributed by atoms with E-state index in [1.54, 1.807) is 13.8 Å². The van der Waals surface area contributed by atoms with Crippen LogP contribution in [0.3, 0.4) is 0 Å². The van der Waals surface area contributed by atoms with Gasteiger partial charge in [-0.1, -0.05) is 19.8 Å². The Morgan fingerprint density at radius 1 is 1.44 bits per heavy atom. The Labute approximate surface area is 180 Å². The van der Waals surface area contributed by atoms with Crippen LogP contribution in [0.2, 0.25) is 0 Å². The molecule has 2 rings (SSSR count). The van der Waals surface area contributed by atoms with E-state index in [0.717, 1.165) is 4.57 Å². The summed E-state index contributed by atoms with van der Waals surface area (Å²) in [5, 5.41) is 10.4.